The van der Waals surface area contributed by atoms with Crippen molar-refractivity contribution in [2.75, 3.05) is 46.4 Å². The van der Waals surface area contributed by atoms with Crippen LogP contribution >= 0.6 is 24.0 Å². The van der Waals surface area contributed by atoms with Gasteiger partial charge < -0.3 is 19.8 Å². The summed E-state index contributed by atoms with van der Waals surface area (Å²) in [5.74, 6) is 1.92. The van der Waals surface area contributed by atoms with Crippen molar-refractivity contribution in [2.45, 2.75) is 57.9 Å². The standard InChI is InChI=1S/C22H38N4O2.HI/c1-3-27-16-12-22(10-4-5-11-22)18-25-21(23-2)24-17-19(20-9-8-15-28-20)26-13-6-7-14-26;/h8-9,15,19H,3-7,10-14,16-18H2,1-2H3,(H2,23,24,25);1H. The van der Waals surface area contributed by atoms with Crippen LogP contribution in [-0.2, 0) is 4.74 Å². The lowest BCUT2D eigenvalue weighted by molar-refractivity contribution is 0.105. The summed E-state index contributed by atoms with van der Waals surface area (Å²) in [4.78, 5) is 6.98. The number of ether oxygens (including phenoxy) is 1. The van der Waals surface area contributed by atoms with E-state index >= 15 is 0 Å². The summed E-state index contributed by atoms with van der Waals surface area (Å²) in [6.45, 7) is 7.78. The predicted molar refractivity (Wildman–Crippen MR) is 129 cm³/mol. The van der Waals surface area contributed by atoms with Gasteiger partial charge >= 0.3 is 0 Å². The molecule has 166 valence electrons. The third-order valence-electron chi connectivity index (χ3n) is 6.42. The molecule has 1 atom stereocenters. The molecule has 1 unspecified atom stereocenters. The zero-order valence-electron chi connectivity index (χ0n) is 18.1. The Balaban J connectivity index is 0.00000300. The van der Waals surface area contributed by atoms with E-state index < -0.39 is 0 Å². The van der Waals surface area contributed by atoms with Gasteiger partial charge in [-0.3, -0.25) is 9.89 Å². The Bertz CT molecular complexity index is 582. The van der Waals surface area contributed by atoms with E-state index in [1.165, 1.54) is 38.5 Å². The number of rotatable bonds is 10. The van der Waals surface area contributed by atoms with Crippen molar-refractivity contribution in [2.24, 2.45) is 10.4 Å². The highest BCUT2D eigenvalue weighted by atomic mass is 127. The third kappa shape index (κ3) is 7.14. The summed E-state index contributed by atoms with van der Waals surface area (Å²) < 4.78 is 11.4. The second-order valence-corrected chi connectivity index (χ2v) is 8.23. The Morgan fingerprint density at radius 3 is 2.62 bits per heavy atom. The first-order valence-electron chi connectivity index (χ1n) is 11.1. The minimum atomic E-state index is 0. The van der Waals surface area contributed by atoms with Gasteiger partial charge in [-0.15, -0.1) is 24.0 Å². The second kappa shape index (κ2) is 12.8. The fourth-order valence-electron chi connectivity index (χ4n) is 4.70. The maximum absolute atomic E-state index is 5.73. The van der Waals surface area contributed by atoms with Crippen molar-refractivity contribution in [1.82, 2.24) is 15.5 Å². The van der Waals surface area contributed by atoms with Crippen molar-refractivity contribution in [1.29, 1.82) is 0 Å². The summed E-state index contributed by atoms with van der Waals surface area (Å²) in [6.07, 6.45) is 10.7. The first kappa shape index (κ1) is 24.5. The molecule has 0 aromatic carbocycles. The Morgan fingerprint density at radius 2 is 2.00 bits per heavy atom. The van der Waals surface area contributed by atoms with E-state index in [9.17, 15) is 0 Å². The molecule has 2 N–H and O–H groups in total. The average Bonchev–Trinajstić information content (AvgIpc) is 3.48. The minimum Gasteiger partial charge on any atom is -0.468 e. The molecule has 0 spiro atoms. The SMILES string of the molecule is CCOCCC1(CNC(=NC)NCC(c2ccco2)N2CCCC2)CCCC1.I. The first-order chi connectivity index (χ1) is 13.8. The molecular weight excluding hydrogens is 479 g/mol. The molecule has 2 aliphatic rings. The molecule has 2 heterocycles. The number of nitrogens with zero attached hydrogens (tertiary/aromatic N) is 2. The maximum Gasteiger partial charge on any atom is 0.191 e. The summed E-state index contributed by atoms with van der Waals surface area (Å²) in [6, 6.07) is 4.32. The first-order valence-corrected chi connectivity index (χ1v) is 11.1. The van der Waals surface area contributed by atoms with Gasteiger partial charge in [0.05, 0.1) is 12.3 Å². The zero-order valence-corrected chi connectivity index (χ0v) is 20.5. The summed E-state index contributed by atoms with van der Waals surface area (Å²) >= 11 is 0. The number of halogens is 1. The lowest BCUT2D eigenvalue weighted by atomic mass is 9.83. The smallest absolute Gasteiger partial charge is 0.191 e. The molecule has 1 aliphatic carbocycles. The number of nitrogens with one attached hydrogen (secondary N) is 2. The van der Waals surface area contributed by atoms with E-state index in [1.807, 2.05) is 13.1 Å². The largest absolute Gasteiger partial charge is 0.468 e. The van der Waals surface area contributed by atoms with E-state index in [4.69, 9.17) is 9.15 Å². The van der Waals surface area contributed by atoms with Crippen molar-refractivity contribution in [3.05, 3.63) is 24.2 Å². The molecule has 7 heteroatoms. The van der Waals surface area contributed by atoms with Crippen LogP contribution in [0.25, 0.3) is 0 Å². The van der Waals surface area contributed by atoms with Gasteiger partial charge in [-0.25, -0.2) is 0 Å². The van der Waals surface area contributed by atoms with E-state index in [1.54, 1.807) is 6.26 Å². The number of likely N-dealkylation sites (tertiary alicyclic amines) is 1. The summed E-state index contributed by atoms with van der Waals surface area (Å²) in [7, 11) is 1.86. The highest BCUT2D eigenvalue weighted by Gasteiger charge is 2.33. The van der Waals surface area contributed by atoms with Crippen LogP contribution in [0, 0.1) is 5.41 Å². The van der Waals surface area contributed by atoms with Crippen LogP contribution in [-0.4, -0.2) is 57.3 Å². The van der Waals surface area contributed by atoms with E-state index in [0.29, 0.717) is 5.41 Å². The van der Waals surface area contributed by atoms with Gasteiger partial charge in [0, 0.05) is 33.4 Å². The van der Waals surface area contributed by atoms with Crippen molar-refractivity contribution >= 4 is 29.9 Å². The zero-order chi connectivity index (χ0) is 19.7. The van der Waals surface area contributed by atoms with Crippen LogP contribution in [0.5, 0.6) is 0 Å². The Morgan fingerprint density at radius 1 is 1.24 bits per heavy atom. The van der Waals surface area contributed by atoms with Gasteiger partial charge in [-0.2, -0.15) is 0 Å². The van der Waals surface area contributed by atoms with Gasteiger partial charge in [-0.05, 0) is 69.7 Å². The van der Waals surface area contributed by atoms with Gasteiger partial charge in [0.15, 0.2) is 5.96 Å². The van der Waals surface area contributed by atoms with Gasteiger partial charge in [0.1, 0.15) is 5.76 Å². The van der Waals surface area contributed by atoms with Crippen LogP contribution in [0.4, 0.5) is 0 Å². The molecule has 1 aromatic rings. The van der Waals surface area contributed by atoms with E-state index in [0.717, 1.165) is 57.5 Å². The highest BCUT2D eigenvalue weighted by Crippen LogP contribution is 2.40. The molecule has 2 fully saturated rings. The molecule has 0 amide bonds. The van der Waals surface area contributed by atoms with Gasteiger partial charge in [0.2, 0.25) is 0 Å². The van der Waals surface area contributed by atoms with Crippen LogP contribution in [0.1, 0.15) is 63.7 Å². The normalized spacial score (nSPS) is 20.4. The highest BCUT2D eigenvalue weighted by molar-refractivity contribution is 14.0. The minimum absolute atomic E-state index is 0. The monoisotopic (exact) mass is 518 g/mol. The molecule has 3 rings (SSSR count). The van der Waals surface area contributed by atoms with Crippen molar-refractivity contribution < 1.29 is 9.15 Å². The lowest BCUT2D eigenvalue weighted by Gasteiger charge is -2.31. The van der Waals surface area contributed by atoms with Crippen LogP contribution < -0.4 is 10.6 Å². The molecule has 0 radical (unpaired) electrons. The lowest BCUT2D eigenvalue weighted by Crippen LogP contribution is -2.46. The van der Waals surface area contributed by atoms with Crippen LogP contribution in [0.2, 0.25) is 0 Å². The van der Waals surface area contributed by atoms with E-state index in [2.05, 4.69) is 33.5 Å². The molecule has 29 heavy (non-hydrogen) atoms. The third-order valence-corrected chi connectivity index (χ3v) is 6.42. The van der Waals surface area contributed by atoms with Crippen molar-refractivity contribution in [3.63, 3.8) is 0 Å². The molecule has 6 nitrogen and oxygen atoms in total. The summed E-state index contributed by atoms with van der Waals surface area (Å²) in [5.41, 5.74) is 0.349. The number of aliphatic imine (C=N–C) groups is 1. The quantitative estimate of drug-likeness (QED) is 0.211. The number of guanidine groups is 1. The fourth-order valence-corrected chi connectivity index (χ4v) is 4.70. The number of furan rings is 1. The van der Waals surface area contributed by atoms with Crippen molar-refractivity contribution in [3.8, 4) is 0 Å². The van der Waals surface area contributed by atoms with Crippen LogP contribution in [0.3, 0.4) is 0 Å². The molecule has 1 aromatic heterocycles. The maximum atomic E-state index is 5.73. The average molecular weight is 518 g/mol. The fraction of sp³-hybridized carbons (Fsp3) is 0.773. The van der Waals surface area contributed by atoms with E-state index in [-0.39, 0.29) is 30.0 Å². The predicted octanol–water partition coefficient (Wildman–Crippen LogP) is 4.19. The van der Waals surface area contributed by atoms with Gasteiger partial charge in [0.25, 0.3) is 0 Å². The molecular formula is C22H39IN4O2. The number of hydrogen-bond donors (Lipinski definition) is 2. The number of hydrogen-bond acceptors (Lipinski definition) is 4. The Labute approximate surface area is 193 Å². The second-order valence-electron chi connectivity index (χ2n) is 8.23. The molecule has 1 saturated carbocycles. The Kier molecular flexibility index (Phi) is 10.8. The summed E-state index contributed by atoms with van der Waals surface area (Å²) in [5, 5.41) is 7.15. The van der Waals surface area contributed by atoms with Gasteiger partial charge in [-0.1, -0.05) is 12.8 Å². The van der Waals surface area contributed by atoms with Crippen LogP contribution in [0.15, 0.2) is 27.8 Å². The molecule has 1 saturated heterocycles. The molecule has 1 aliphatic heterocycles. The Hall–Kier alpha value is -0.800. The topological polar surface area (TPSA) is 62.0 Å². The molecule has 0 bridgehead atoms.